The van der Waals surface area contributed by atoms with Crippen molar-refractivity contribution in [1.29, 1.82) is 0 Å². The first-order valence-electron chi connectivity index (χ1n) is 12.0. The average Bonchev–Trinajstić information content (AvgIpc) is 3.38. The molecule has 0 saturated heterocycles. The fraction of sp³-hybridized carbons (Fsp3) is 0.357. The molecule has 34 heavy (non-hydrogen) atoms. The highest BCUT2D eigenvalue weighted by atomic mass is 16.5. The summed E-state index contributed by atoms with van der Waals surface area (Å²) in [5.41, 5.74) is 9.21. The standard InChI is InChI=1S/C18H19NO.C8H10N2O2.C2H6/c1-2-4-14-9-17(7-5-13(14)3-1)19-18-8-6-15-11-20-12-16(15)10-18;1-9-7-5-10-4-3-6(7)8(11)12-2;1-2/h5-10,19H,1-4,11-12H2;3-5,9H,1-2H3;1-2H3. The number of anilines is 3. The van der Waals surface area contributed by atoms with Crippen LogP contribution in [0, 0.1) is 0 Å². The van der Waals surface area contributed by atoms with Gasteiger partial charge in [-0.25, -0.2) is 4.79 Å². The van der Waals surface area contributed by atoms with E-state index in [0.29, 0.717) is 11.3 Å². The van der Waals surface area contributed by atoms with E-state index < -0.39 is 0 Å². The van der Waals surface area contributed by atoms with Crippen molar-refractivity contribution >= 4 is 23.0 Å². The van der Waals surface area contributed by atoms with Crippen LogP contribution in [-0.4, -0.2) is 25.1 Å². The van der Waals surface area contributed by atoms with Crippen LogP contribution >= 0.6 is 0 Å². The molecule has 2 aromatic carbocycles. The van der Waals surface area contributed by atoms with E-state index in [0.717, 1.165) is 18.9 Å². The fourth-order valence-electron chi connectivity index (χ4n) is 4.11. The molecule has 0 amide bonds. The number of hydrogen-bond acceptors (Lipinski definition) is 6. The van der Waals surface area contributed by atoms with Gasteiger partial charge in [-0.05, 0) is 78.3 Å². The minimum atomic E-state index is -0.359. The van der Waals surface area contributed by atoms with Gasteiger partial charge < -0.3 is 20.1 Å². The first-order chi connectivity index (χ1) is 16.7. The van der Waals surface area contributed by atoms with Gasteiger partial charge in [0.1, 0.15) is 0 Å². The van der Waals surface area contributed by atoms with Crippen LogP contribution < -0.4 is 10.6 Å². The smallest absolute Gasteiger partial charge is 0.340 e. The Hall–Kier alpha value is -3.38. The van der Waals surface area contributed by atoms with Gasteiger partial charge in [0.05, 0.1) is 37.8 Å². The van der Waals surface area contributed by atoms with E-state index in [9.17, 15) is 4.79 Å². The zero-order chi connectivity index (χ0) is 24.3. The summed E-state index contributed by atoms with van der Waals surface area (Å²) in [5, 5.41) is 6.38. The third-order valence-corrected chi connectivity index (χ3v) is 5.85. The Bertz CT molecular complexity index is 1100. The van der Waals surface area contributed by atoms with Crippen LogP contribution in [0.15, 0.2) is 54.9 Å². The molecule has 1 aliphatic heterocycles. The van der Waals surface area contributed by atoms with Crippen molar-refractivity contribution in [2.24, 2.45) is 0 Å². The molecule has 0 radical (unpaired) electrons. The maximum atomic E-state index is 11.1. The molecule has 0 atom stereocenters. The van der Waals surface area contributed by atoms with Gasteiger partial charge in [-0.3, -0.25) is 4.98 Å². The van der Waals surface area contributed by atoms with Crippen LogP contribution in [0.2, 0.25) is 0 Å². The van der Waals surface area contributed by atoms with Crippen LogP contribution in [0.1, 0.15) is 59.3 Å². The summed E-state index contributed by atoms with van der Waals surface area (Å²) in [4.78, 5) is 15.0. The van der Waals surface area contributed by atoms with E-state index in [1.165, 1.54) is 60.7 Å². The first kappa shape index (κ1) is 25.2. The van der Waals surface area contributed by atoms with Gasteiger partial charge in [-0.2, -0.15) is 0 Å². The number of carbonyl (C=O) groups excluding carboxylic acids is 1. The number of benzene rings is 2. The molecule has 180 valence electrons. The topological polar surface area (TPSA) is 72.5 Å². The number of hydrogen-bond donors (Lipinski definition) is 2. The molecule has 2 heterocycles. The highest BCUT2D eigenvalue weighted by Crippen LogP contribution is 2.28. The third kappa shape index (κ3) is 6.35. The van der Waals surface area contributed by atoms with Gasteiger partial charge in [0.25, 0.3) is 0 Å². The van der Waals surface area contributed by atoms with Gasteiger partial charge in [-0.15, -0.1) is 0 Å². The zero-order valence-electron chi connectivity index (χ0n) is 20.6. The zero-order valence-corrected chi connectivity index (χ0v) is 20.6. The third-order valence-electron chi connectivity index (χ3n) is 5.85. The Morgan fingerprint density at radius 2 is 1.56 bits per heavy atom. The van der Waals surface area contributed by atoms with Crippen LogP contribution in [-0.2, 0) is 35.5 Å². The lowest BCUT2D eigenvalue weighted by Gasteiger charge is -2.17. The summed E-state index contributed by atoms with van der Waals surface area (Å²) in [5.74, 6) is -0.359. The van der Waals surface area contributed by atoms with Crippen molar-refractivity contribution in [3.05, 3.63) is 82.7 Å². The Morgan fingerprint density at radius 1 is 0.912 bits per heavy atom. The number of fused-ring (bicyclic) bond motifs is 2. The number of rotatable bonds is 4. The summed E-state index contributed by atoms with van der Waals surface area (Å²) in [6, 6.07) is 14.9. The molecule has 1 aliphatic carbocycles. The molecule has 0 unspecified atom stereocenters. The number of ether oxygens (including phenoxy) is 2. The van der Waals surface area contributed by atoms with Gasteiger partial charge in [0.2, 0.25) is 0 Å². The predicted molar refractivity (Wildman–Crippen MR) is 138 cm³/mol. The first-order valence-corrected chi connectivity index (χ1v) is 12.0. The van der Waals surface area contributed by atoms with E-state index in [2.05, 4.69) is 56.8 Å². The molecular weight excluding hydrogens is 426 g/mol. The quantitative estimate of drug-likeness (QED) is 0.446. The van der Waals surface area contributed by atoms with Crippen LogP contribution in [0.25, 0.3) is 0 Å². The Balaban J connectivity index is 0.000000200. The number of nitrogens with one attached hydrogen (secondary N) is 2. The Kier molecular flexibility index (Phi) is 9.47. The van der Waals surface area contributed by atoms with Crippen LogP contribution in [0.5, 0.6) is 0 Å². The minimum absolute atomic E-state index is 0.359. The van der Waals surface area contributed by atoms with Crippen molar-refractivity contribution in [1.82, 2.24) is 4.98 Å². The molecule has 0 saturated carbocycles. The molecule has 6 heteroatoms. The largest absolute Gasteiger partial charge is 0.465 e. The molecule has 1 aromatic heterocycles. The number of pyridine rings is 1. The normalized spacial score (nSPS) is 13.2. The van der Waals surface area contributed by atoms with E-state index in [-0.39, 0.29) is 5.97 Å². The molecule has 6 nitrogen and oxygen atoms in total. The molecule has 2 N–H and O–H groups in total. The number of carbonyl (C=O) groups is 1. The van der Waals surface area contributed by atoms with Gasteiger partial charge in [0, 0.05) is 24.6 Å². The highest BCUT2D eigenvalue weighted by Gasteiger charge is 2.13. The SMILES string of the molecule is CC.CNc1cnccc1C(=O)OC.c1cc2c(cc1Nc1ccc3c(c1)COC3)CCCC2. The van der Waals surface area contributed by atoms with Crippen molar-refractivity contribution < 1.29 is 14.3 Å². The lowest BCUT2D eigenvalue weighted by molar-refractivity contribution is 0.0601. The molecule has 0 spiro atoms. The maximum absolute atomic E-state index is 11.1. The van der Waals surface area contributed by atoms with Gasteiger partial charge in [-0.1, -0.05) is 26.0 Å². The van der Waals surface area contributed by atoms with Crippen molar-refractivity contribution in [2.45, 2.75) is 52.7 Å². The van der Waals surface area contributed by atoms with Gasteiger partial charge >= 0.3 is 5.97 Å². The number of nitrogens with zero attached hydrogens (tertiary/aromatic N) is 1. The van der Waals surface area contributed by atoms with Crippen LogP contribution in [0.4, 0.5) is 17.1 Å². The highest BCUT2D eigenvalue weighted by molar-refractivity contribution is 5.95. The number of esters is 1. The van der Waals surface area contributed by atoms with Crippen molar-refractivity contribution in [2.75, 3.05) is 24.8 Å². The summed E-state index contributed by atoms with van der Waals surface area (Å²) >= 11 is 0. The Morgan fingerprint density at radius 3 is 2.26 bits per heavy atom. The van der Waals surface area contributed by atoms with Gasteiger partial charge in [0.15, 0.2) is 0 Å². The van der Waals surface area contributed by atoms with E-state index in [4.69, 9.17) is 4.74 Å². The minimum Gasteiger partial charge on any atom is -0.465 e. The average molecular weight is 462 g/mol. The second kappa shape index (κ2) is 12.8. The maximum Gasteiger partial charge on any atom is 0.340 e. The Labute approximate surface area is 202 Å². The fourth-order valence-corrected chi connectivity index (χ4v) is 4.11. The summed E-state index contributed by atoms with van der Waals surface area (Å²) in [7, 11) is 3.08. The summed E-state index contributed by atoms with van der Waals surface area (Å²) in [6.45, 7) is 5.50. The monoisotopic (exact) mass is 461 g/mol. The predicted octanol–water partition coefficient (Wildman–Crippen LogP) is 6.28. The van der Waals surface area contributed by atoms with Crippen LogP contribution in [0.3, 0.4) is 0 Å². The van der Waals surface area contributed by atoms with Crippen molar-refractivity contribution in [3.63, 3.8) is 0 Å². The molecular formula is C28H35N3O3. The lowest BCUT2D eigenvalue weighted by atomic mass is 9.91. The van der Waals surface area contributed by atoms with E-state index in [1.54, 1.807) is 25.5 Å². The summed E-state index contributed by atoms with van der Waals surface area (Å²) < 4.78 is 10.0. The molecule has 3 aromatic rings. The van der Waals surface area contributed by atoms with E-state index in [1.807, 2.05) is 13.8 Å². The number of methoxy groups -OCH3 is 1. The number of aryl methyl sites for hydroxylation is 2. The van der Waals surface area contributed by atoms with E-state index >= 15 is 0 Å². The summed E-state index contributed by atoms with van der Waals surface area (Å²) in [6.07, 6.45) is 8.26. The molecule has 5 rings (SSSR count). The molecule has 0 fully saturated rings. The van der Waals surface area contributed by atoms with Crippen molar-refractivity contribution in [3.8, 4) is 0 Å². The number of aromatic nitrogens is 1. The molecule has 0 bridgehead atoms. The second-order valence-electron chi connectivity index (χ2n) is 7.95. The lowest BCUT2D eigenvalue weighted by Crippen LogP contribution is -2.05. The molecule has 2 aliphatic rings. The second-order valence-corrected chi connectivity index (χ2v) is 7.95.